The van der Waals surface area contributed by atoms with E-state index in [9.17, 15) is 9.59 Å². The standard InChI is InChI=1S/C20H19N5O2/c1-3-25-17-8-7-14(10-16(17)22-13(2)20(25)27)19(26)21-11-15-12-24-9-5-4-6-18(24)23-15/h4-10,12H,3,11H2,1-2H3,(H,21,26). The van der Waals surface area contributed by atoms with Crippen LogP contribution in [0.4, 0.5) is 0 Å². The van der Waals surface area contributed by atoms with Crippen LogP contribution in [0, 0.1) is 6.92 Å². The molecule has 1 amide bonds. The molecule has 0 aliphatic carbocycles. The molecule has 3 heterocycles. The van der Waals surface area contributed by atoms with Crippen molar-refractivity contribution in [2.24, 2.45) is 0 Å². The summed E-state index contributed by atoms with van der Waals surface area (Å²) in [5.74, 6) is -0.206. The highest BCUT2D eigenvalue weighted by atomic mass is 16.1. The summed E-state index contributed by atoms with van der Waals surface area (Å²) in [5, 5.41) is 2.88. The summed E-state index contributed by atoms with van der Waals surface area (Å²) in [6.45, 7) is 4.48. The minimum atomic E-state index is -0.206. The maximum Gasteiger partial charge on any atom is 0.272 e. The highest BCUT2D eigenvalue weighted by Gasteiger charge is 2.11. The molecule has 27 heavy (non-hydrogen) atoms. The summed E-state index contributed by atoms with van der Waals surface area (Å²) in [7, 11) is 0. The third-order valence-corrected chi connectivity index (χ3v) is 4.53. The van der Waals surface area contributed by atoms with E-state index in [0.29, 0.717) is 29.9 Å². The molecule has 4 rings (SSSR count). The van der Waals surface area contributed by atoms with Gasteiger partial charge in [0.25, 0.3) is 11.5 Å². The Bertz CT molecular complexity index is 1190. The van der Waals surface area contributed by atoms with Gasteiger partial charge < -0.3 is 14.3 Å². The zero-order valence-electron chi connectivity index (χ0n) is 15.1. The Morgan fingerprint density at radius 1 is 1.19 bits per heavy atom. The maximum absolute atomic E-state index is 12.5. The Labute approximate surface area is 155 Å². The van der Waals surface area contributed by atoms with Crippen LogP contribution in [0.15, 0.2) is 53.6 Å². The van der Waals surface area contributed by atoms with E-state index in [1.54, 1.807) is 29.7 Å². The monoisotopic (exact) mass is 361 g/mol. The van der Waals surface area contributed by atoms with Crippen LogP contribution in [0.5, 0.6) is 0 Å². The van der Waals surface area contributed by atoms with E-state index in [1.807, 2.05) is 41.9 Å². The molecule has 0 spiro atoms. The zero-order valence-corrected chi connectivity index (χ0v) is 15.1. The number of aryl methyl sites for hydroxylation is 2. The molecule has 0 atom stereocenters. The Morgan fingerprint density at radius 2 is 2.04 bits per heavy atom. The summed E-state index contributed by atoms with van der Waals surface area (Å²) >= 11 is 0. The molecule has 7 nitrogen and oxygen atoms in total. The van der Waals surface area contributed by atoms with Crippen LogP contribution in [0.25, 0.3) is 16.7 Å². The number of imidazole rings is 1. The van der Waals surface area contributed by atoms with Gasteiger partial charge in [-0.15, -0.1) is 0 Å². The second-order valence-corrected chi connectivity index (χ2v) is 6.33. The lowest BCUT2D eigenvalue weighted by molar-refractivity contribution is 0.0950. The number of amides is 1. The zero-order chi connectivity index (χ0) is 19.0. The quantitative estimate of drug-likeness (QED) is 0.605. The van der Waals surface area contributed by atoms with Crippen LogP contribution >= 0.6 is 0 Å². The molecule has 0 aliphatic rings. The number of hydrogen-bond acceptors (Lipinski definition) is 4. The van der Waals surface area contributed by atoms with Crippen molar-refractivity contribution < 1.29 is 4.79 Å². The van der Waals surface area contributed by atoms with Crippen molar-refractivity contribution >= 4 is 22.6 Å². The van der Waals surface area contributed by atoms with Gasteiger partial charge in [0.1, 0.15) is 11.3 Å². The first-order valence-corrected chi connectivity index (χ1v) is 8.79. The van der Waals surface area contributed by atoms with Gasteiger partial charge in [-0.25, -0.2) is 9.97 Å². The number of pyridine rings is 1. The average molecular weight is 361 g/mol. The number of benzene rings is 1. The topological polar surface area (TPSA) is 81.3 Å². The third kappa shape index (κ3) is 3.08. The van der Waals surface area contributed by atoms with Crippen molar-refractivity contribution in [1.82, 2.24) is 24.3 Å². The highest BCUT2D eigenvalue weighted by Crippen LogP contribution is 2.14. The predicted molar refractivity (Wildman–Crippen MR) is 103 cm³/mol. The Morgan fingerprint density at radius 3 is 2.81 bits per heavy atom. The molecule has 0 saturated carbocycles. The Kier molecular flexibility index (Phi) is 4.19. The average Bonchev–Trinajstić information content (AvgIpc) is 3.10. The van der Waals surface area contributed by atoms with Crippen LogP contribution in [0.2, 0.25) is 0 Å². The molecule has 0 aliphatic heterocycles. The van der Waals surface area contributed by atoms with Crippen LogP contribution in [0.3, 0.4) is 0 Å². The number of nitrogens with zero attached hydrogens (tertiary/aromatic N) is 4. The van der Waals surface area contributed by atoms with Gasteiger partial charge in [0.05, 0.1) is 23.3 Å². The molecule has 0 radical (unpaired) electrons. The second-order valence-electron chi connectivity index (χ2n) is 6.33. The van der Waals surface area contributed by atoms with Gasteiger partial charge in [0, 0.05) is 24.5 Å². The van der Waals surface area contributed by atoms with Gasteiger partial charge in [-0.2, -0.15) is 0 Å². The summed E-state index contributed by atoms with van der Waals surface area (Å²) in [6, 6.07) is 11.0. The fourth-order valence-corrected chi connectivity index (χ4v) is 3.17. The largest absolute Gasteiger partial charge is 0.346 e. The molecular weight excluding hydrogens is 342 g/mol. The van der Waals surface area contributed by atoms with E-state index in [1.165, 1.54) is 0 Å². The van der Waals surface area contributed by atoms with E-state index in [0.717, 1.165) is 16.9 Å². The van der Waals surface area contributed by atoms with Crippen LogP contribution in [-0.4, -0.2) is 24.8 Å². The van der Waals surface area contributed by atoms with Crippen LogP contribution in [-0.2, 0) is 13.1 Å². The fraction of sp³-hybridized carbons (Fsp3) is 0.200. The van der Waals surface area contributed by atoms with Gasteiger partial charge >= 0.3 is 0 Å². The molecule has 1 N–H and O–H groups in total. The first-order valence-electron chi connectivity index (χ1n) is 8.79. The van der Waals surface area contributed by atoms with Gasteiger partial charge in [0.2, 0.25) is 0 Å². The molecule has 4 aromatic rings. The van der Waals surface area contributed by atoms with Crippen molar-refractivity contribution in [1.29, 1.82) is 0 Å². The lowest BCUT2D eigenvalue weighted by Crippen LogP contribution is -2.25. The Hall–Kier alpha value is -3.48. The minimum absolute atomic E-state index is 0.103. The molecule has 3 aromatic heterocycles. The molecular formula is C20H19N5O2. The second kappa shape index (κ2) is 6.68. The number of fused-ring (bicyclic) bond motifs is 2. The van der Waals surface area contributed by atoms with Crippen molar-refractivity contribution in [3.05, 3.63) is 76.1 Å². The highest BCUT2D eigenvalue weighted by molar-refractivity contribution is 5.97. The van der Waals surface area contributed by atoms with Crippen molar-refractivity contribution in [3.63, 3.8) is 0 Å². The molecule has 7 heteroatoms. The van der Waals surface area contributed by atoms with E-state index in [-0.39, 0.29) is 11.5 Å². The summed E-state index contributed by atoms with van der Waals surface area (Å²) in [4.78, 5) is 33.5. The first-order chi connectivity index (χ1) is 13.1. The number of nitrogens with one attached hydrogen (secondary N) is 1. The van der Waals surface area contributed by atoms with E-state index in [2.05, 4.69) is 15.3 Å². The van der Waals surface area contributed by atoms with Crippen LogP contribution < -0.4 is 10.9 Å². The summed E-state index contributed by atoms with van der Waals surface area (Å²) in [5.41, 5.74) is 3.80. The smallest absolute Gasteiger partial charge is 0.272 e. The number of aromatic nitrogens is 4. The van der Waals surface area contributed by atoms with Gasteiger partial charge in [-0.3, -0.25) is 9.59 Å². The van der Waals surface area contributed by atoms with Gasteiger partial charge in [-0.05, 0) is 44.2 Å². The van der Waals surface area contributed by atoms with Crippen molar-refractivity contribution in [3.8, 4) is 0 Å². The molecule has 0 unspecified atom stereocenters. The Balaban J connectivity index is 1.58. The number of carbonyl (C=O) groups is 1. The third-order valence-electron chi connectivity index (χ3n) is 4.53. The summed E-state index contributed by atoms with van der Waals surface area (Å²) < 4.78 is 3.57. The molecule has 0 fully saturated rings. The number of rotatable bonds is 4. The number of carbonyl (C=O) groups excluding carboxylic acids is 1. The molecule has 0 bridgehead atoms. The van der Waals surface area contributed by atoms with E-state index >= 15 is 0 Å². The van der Waals surface area contributed by atoms with Crippen molar-refractivity contribution in [2.75, 3.05) is 0 Å². The maximum atomic E-state index is 12.5. The van der Waals surface area contributed by atoms with E-state index in [4.69, 9.17) is 0 Å². The molecule has 0 saturated heterocycles. The van der Waals surface area contributed by atoms with Gasteiger partial charge in [-0.1, -0.05) is 6.07 Å². The minimum Gasteiger partial charge on any atom is -0.346 e. The fourth-order valence-electron chi connectivity index (χ4n) is 3.17. The lowest BCUT2D eigenvalue weighted by atomic mass is 10.1. The van der Waals surface area contributed by atoms with Gasteiger partial charge in [0.15, 0.2) is 0 Å². The normalized spacial score (nSPS) is 11.2. The summed E-state index contributed by atoms with van der Waals surface area (Å²) in [6.07, 6.45) is 3.80. The first kappa shape index (κ1) is 17.0. The molecule has 1 aromatic carbocycles. The van der Waals surface area contributed by atoms with Crippen LogP contribution in [0.1, 0.15) is 28.7 Å². The van der Waals surface area contributed by atoms with E-state index < -0.39 is 0 Å². The van der Waals surface area contributed by atoms with Crippen molar-refractivity contribution in [2.45, 2.75) is 26.9 Å². The SMILES string of the molecule is CCn1c(=O)c(C)nc2cc(C(=O)NCc3cn4ccccc4n3)ccc21. The lowest BCUT2D eigenvalue weighted by Gasteiger charge is -2.10. The molecule has 136 valence electrons. The predicted octanol–water partition coefficient (Wildman–Crippen LogP) is 2.30. The number of hydrogen-bond donors (Lipinski definition) is 1.